The number of hydrogen-bond donors (Lipinski definition) is 0. The van der Waals surface area contributed by atoms with Gasteiger partial charge in [0.25, 0.3) is 0 Å². The van der Waals surface area contributed by atoms with Crippen LogP contribution in [0.1, 0.15) is 34.1 Å². The maximum absolute atomic E-state index is 13.9. The Labute approximate surface area is 143 Å². The van der Waals surface area contributed by atoms with Crippen LogP contribution >= 0.6 is 0 Å². The van der Waals surface area contributed by atoms with Crippen LogP contribution in [0.4, 0.5) is 10.1 Å². The molecule has 0 saturated heterocycles. The van der Waals surface area contributed by atoms with Crippen LogP contribution in [0.2, 0.25) is 0 Å². The lowest BCUT2D eigenvalue weighted by atomic mass is 10.2. The van der Waals surface area contributed by atoms with E-state index in [1.54, 1.807) is 19.9 Å². The van der Waals surface area contributed by atoms with Crippen LogP contribution in [0, 0.1) is 11.7 Å². The van der Waals surface area contributed by atoms with E-state index in [1.165, 1.54) is 24.1 Å². The second-order valence-corrected chi connectivity index (χ2v) is 8.66. The molecular weight excluding hydrogens is 333 g/mol. The molecule has 5 nitrogen and oxygen atoms in total. The lowest BCUT2D eigenvalue weighted by Crippen LogP contribution is -2.38. The van der Waals surface area contributed by atoms with E-state index in [4.69, 9.17) is 4.74 Å². The summed E-state index contributed by atoms with van der Waals surface area (Å²) in [5.74, 6) is -0.954. The Balaban J connectivity index is 2.92. The summed E-state index contributed by atoms with van der Waals surface area (Å²) in [7, 11) is -1.91. The van der Waals surface area contributed by atoms with Crippen molar-refractivity contribution in [3.05, 3.63) is 24.0 Å². The molecule has 0 fully saturated rings. The molecule has 0 heterocycles. The molecule has 7 heteroatoms. The van der Waals surface area contributed by atoms with Crippen molar-refractivity contribution in [3.63, 3.8) is 0 Å². The van der Waals surface area contributed by atoms with Crippen molar-refractivity contribution < 1.29 is 22.3 Å². The molecule has 24 heavy (non-hydrogen) atoms. The highest BCUT2D eigenvalue weighted by Crippen LogP contribution is 2.25. The number of amides is 1. The highest BCUT2D eigenvalue weighted by molar-refractivity contribution is 7.91. The average molecular weight is 359 g/mol. The van der Waals surface area contributed by atoms with Gasteiger partial charge in [0.15, 0.2) is 21.4 Å². The second-order valence-electron chi connectivity index (χ2n) is 6.43. The molecule has 1 amide bonds. The van der Waals surface area contributed by atoms with Crippen molar-refractivity contribution in [1.29, 1.82) is 0 Å². The van der Waals surface area contributed by atoms with Gasteiger partial charge in [-0.1, -0.05) is 13.8 Å². The summed E-state index contributed by atoms with van der Waals surface area (Å²) in [6.07, 6.45) is -0.124. The van der Waals surface area contributed by atoms with Gasteiger partial charge in [0.05, 0.1) is 18.6 Å². The van der Waals surface area contributed by atoms with Gasteiger partial charge in [-0.25, -0.2) is 12.8 Å². The van der Waals surface area contributed by atoms with Gasteiger partial charge in [-0.2, -0.15) is 0 Å². The average Bonchev–Trinajstić information content (AvgIpc) is 2.44. The van der Waals surface area contributed by atoms with Crippen molar-refractivity contribution in [2.24, 2.45) is 5.92 Å². The molecule has 136 valence electrons. The predicted octanol–water partition coefficient (Wildman–Crippen LogP) is 3.04. The van der Waals surface area contributed by atoms with Crippen LogP contribution in [-0.2, 0) is 14.6 Å². The third kappa shape index (κ3) is 5.78. The first-order chi connectivity index (χ1) is 11.1. The van der Waals surface area contributed by atoms with Crippen LogP contribution in [0.25, 0.3) is 0 Å². The Hall–Kier alpha value is -1.63. The smallest absolute Gasteiger partial charge is 0.228 e. The Morgan fingerprint density at radius 1 is 1.25 bits per heavy atom. The molecule has 0 aliphatic rings. The van der Waals surface area contributed by atoms with Crippen molar-refractivity contribution in [1.82, 2.24) is 0 Å². The monoisotopic (exact) mass is 359 g/mol. The zero-order valence-corrected chi connectivity index (χ0v) is 15.7. The summed E-state index contributed by atoms with van der Waals surface area (Å²) in [6.45, 7) is 7.23. The number of ether oxygens (including phenoxy) is 1. The van der Waals surface area contributed by atoms with E-state index in [2.05, 4.69) is 0 Å². The molecule has 1 rings (SSSR count). The van der Waals surface area contributed by atoms with E-state index in [9.17, 15) is 17.6 Å². The minimum atomic E-state index is -3.28. The summed E-state index contributed by atoms with van der Waals surface area (Å²) in [6, 6.07) is 4.03. The van der Waals surface area contributed by atoms with Crippen molar-refractivity contribution in [2.75, 3.05) is 23.5 Å². The lowest BCUT2D eigenvalue weighted by Gasteiger charge is -2.27. The molecule has 0 unspecified atom stereocenters. The molecular formula is C17H26FNO4S. The normalized spacial score (nSPS) is 11.8. The van der Waals surface area contributed by atoms with Crippen molar-refractivity contribution >= 4 is 21.4 Å². The first kappa shape index (κ1) is 20.4. The molecule has 0 atom stereocenters. The molecule has 0 radical (unpaired) electrons. The van der Waals surface area contributed by atoms with Gasteiger partial charge in [0.2, 0.25) is 5.91 Å². The van der Waals surface area contributed by atoms with Crippen LogP contribution in [0.15, 0.2) is 18.2 Å². The summed E-state index contributed by atoms with van der Waals surface area (Å²) >= 11 is 0. The zero-order valence-electron chi connectivity index (χ0n) is 14.9. The van der Waals surface area contributed by atoms with Crippen LogP contribution in [0.3, 0.4) is 0 Å². The number of hydrogen-bond acceptors (Lipinski definition) is 4. The topological polar surface area (TPSA) is 63.7 Å². The summed E-state index contributed by atoms with van der Waals surface area (Å²) in [5, 5.41) is 0. The van der Waals surface area contributed by atoms with Gasteiger partial charge in [-0.15, -0.1) is 0 Å². The van der Waals surface area contributed by atoms with E-state index >= 15 is 0 Å². The first-order valence-corrected chi connectivity index (χ1v) is 9.75. The molecule has 0 aromatic heterocycles. The van der Waals surface area contributed by atoms with E-state index in [0.717, 1.165) is 0 Å². The third-order valence-electron chi connectivity index (χ3n) is 3.41. The molecule has 0 bridgehead atoms. The summed E-state index contributed by atoms with van der Waals surface area (Å²) in [5.41, 5.74) is 0.384. The number of benzene rings is 1. The maximum Gasteiger partial charge on any atom is 0.228 e. The van der Waals surface area contributed by atoms with Gasteiger partial charge in [-0.3, -0.25) is 4.79 Å². The maximum atomic E-state index is 13.9. The quantitative estimate of drug-likeness (QED) is 0.716. The van der Waals surface area contributed by atoms with Crippen LogP contribution < -0.4 is 9.64 Å². The minimum absolute atomic E-state index is 0.0157. The van der Waals surface area contributed by atoms with Gasteiger partial charge < -0.3 is 9.64 Å². The predicted molar refractivity (Wildman–Crippen MR) is 93.7 cm³/mol. The third-order valence-corrected chi connectivity index (χ3v) is 5.41. The fourth-order valence-electron chi connectivity index (χ4n) is 2.49. The molecule has 1 aromatic carbocycles. The fraction of sp³-hybridized carbons (Fsp3) is 0.588. The number of nitrogens with zero attached hydrogens (tertiary/aromatic N) is 1. The van der Waals surface area contributed by atoms with E-state index in [1.807, 2.05) is 13.8 Å². The van der Waals surface area contributed by atoms with Gasteiger partial charge >= 0.3 is 0 Å². The highest BCUT2D eigenvalue weighted by Gasteiger charge is 2.23. The number of carbonyl (C=O) groups excluding carboxylic acids is 1. The fourth-order valence-corrected chi connectivity index (χ4v) is 4.16. The Kier molecular flexibility index (Phi) is 7.20. The number of halogens is 1. The molecule has 0 N–H and O–H groups in total. The first-order valence-electron chi connectivity index (χ1n) is 7.93. The van der Waals surface area contributed by atoms with E-state index in [0.29, 0.717) is 5.69 Å². The molecule has 0 aliphatic carbocycles. The lowest BCUT2D eigenvalue weighted by molar-refractivity contribution is -0.118. The van der Waals surface area contributed by atoms with Crippen LogP contribution in [0.5, 0.6) is 5.75 Å². The number of sulfone groups is 1. The SMILES string of the molecule is COc1ccc(N(C(=O)CCS(=O)(=O)CC(C)C)C(C)C)cc1F. The van der Waals surface area contributed by atoms with Crippen LogP contribution in [-0.4, -0.2) is 39.0 Å². The number of carbonyl (C=O) groups is 1. The Morgan fingerprint density at radius 3 is 2.33 bits per heavy atom. The van der Waals surface area contributed by atoms with Crippen molar-refractivity contribution in [2.45, 2.75) is 40.2 Å². The zero-order chi connectivity index (χ0) is 18.5. The van der Waals surface area contributed by atoms with E-state index in [-0.39, 0.29) is 41.5 Å². The van der Waals surface area contributed by atoms with E-state index < -0.39 is 15.7 Å². The largest absolute Gasteiger partial charge is 0.494 e. The van der Waals surface area contributed by atoms with Gasteiger partial charge in [0, 0.05) is 24.2 Å². The Morgan fingerprint density at radius 2 is 1.88 bits per heavy atom. The van der Waals surface area contributed by atoms with Crippen molar-refractivity contribution in [3.8, 4) is 5.75 Å². The molecule has 0 spiro atoms. The summed E-state index contributed by atoms with van der Waals surface area (Å²) < 4.78 is 42.7. The summed E-state index contributed by atoms with van der Waals surface area (Å²) in [4.78, 5) is 13.9. The molecule has 0 aliphatic heterocycles. The van der Waals surface area contributed by atoms with Gasteiger partial charge in [0.1, 0.15) is 0 Å². The number of rotatable bonds is 8. The molecule has 0 saturated carbocycles. The number of anilines is 1. The van der Waals surface area contributed by atoms with Gasteiger partial charge in [-0.05, 0) is 31.9 Å². The number of methoxy groups -OCH3 is 1. The standard InChI is InChI=1S/C17H26FNO4S/c1-12(2)11-24(21,22)9-8-17(20)19(13(3)4)14-6-7-16(23-5)15(18)10-14/h6-7,10,12-13H,8-9,11H2,1-5H3. The highest BCUT2D eigenvalue weighted by atomic mass is 32.2. The Bertz CT molecular complexity index is 671. The minimum Gasteiger partial charge on any atom is -0.494 e. The molecule has 1 aromatic rings. The second kappa shape index (κ2) is 8.46.